The molecule has 2 aromatic rings. The molecule has 0 aliphatic carbocycles. The Morgan fingerprint density at radius 3 is 2.68 bits per heavy atom. The second-order valence-electron chi connectivity index (χ2n) is 7.95. The molecule has 0 radical (unpaired) electrons. The number of nitrogens with one attached hydrogen (secondary N) is 2. The van der Waals surface area contributed by atoms with Crippen LogP contribution < -0.4 is 15.5 Å². The number of halogens is 2. The summed E-state index contributed by atoms with van der Waals surface area (Å²) in [7, 11) is 0. The molecule has 0 saturated carbocycles. The fraction of sp³-hybridized carbons (Fsp3) is 0.391. The molecule has 2 aliphatic rings. The molecule has 31 heavy (non-hydrogen) atoms. The van der Waals surface area contributed by atoms with Crippen LogP contribution in [0.5, 0.6) is 0 Å². The third-order valence-electron chi connectivity index (χ3n) is 5.98. The molecule has 2 fully saturated rings. The number of amides is 1. The van der Waals surface area contributed by atoms with E-state index in [1.54, 1.807) is 6.07 Å². The van der Waals surface area contributed by atoms with Crippen molar-refractivity contribution in [2.45, 2.75) is 25.0 Å². The lowest BCUT2D eigenvalue weighted by atomic mass is 10.1. The van der Waals surface area contributed by atoms with Gasteiger partial charge in [0.05, 0.1) is 17.3 Å². The Balaban J connectivity index is 1.27. The van der Waals surface area contributed by atoms with Gasteiger partial charge in [-0.15, -0.1) is 0 Å². The van der Waals surface area contributed by atoms with Crippen molar-refractivity contribution in [1.82, 2.24) is 15.5 Å². The first kappa shape index (κ1) is 21.2. The zero-order valence-electron chi connectivity index (χ0n) is 17.2. The van der Waals surface area contributed by atoms with Crippen molar-refractivity contribution < 1.29 is 13.6 Å². The predicted octanol–water partition coefficient (Wildman–Crippen LogP) is 2.01. The van der Waals surface area contributed by atoms with Gasteiger partial charge in [0.15, 0.2) is 0 Å². The molecule has 6 nitrogen and oxygen atoms in total. The third kappa shape index (κ3) is 4.84. The monoisotopic (exact) mass is 425 g/mol. The summed E-state index contributed by atoms with van der Waals surface area (Å²) in [6.07, 6.45) is 0.624. The first-order valence-corrected chi connectivity index (χ1v) is 10.5. The molecule has 162 valence electrons. The van der Waals surface area contributed by atoms with Crippen LogP contribution in [0.25, 0.3) is 0 Å². The van der Waals surface area contributed by atoms with E-state index in [9.17, 15) is 18.8 Å². The van der Waals surface area contributed by atoms with Crippen LogP contribution in [0, 0.1) is 23.0 Å². The van der Waals surface area contributed by atoms with E-state index in [2.05, 4.69) is 21.6 Å². The van der Waals surface area contributed by atoms with E-state index >= 15 is 0 Å². The Kier molecular flexibility index (Phi) is 6.44. The van der Waals surface area contributed by atoms with E-state index in [4.69, 9.17) is 0 Å². The Morgan fingerprint density at radius 2 is 1.94 bits per heavy atom. The highest BCUT2D eigenvalue weighted by molar-refractivity contribution is 5.82. The molecule has 0 aromatic heterocycles. The van der Waals surface area contributed by atoms with E-state index in [1.807, 2.05) is 23.1 Å². The van der Waals surface area contributed by atoms with Crippen LogP contribution in [-0.4, -0.2) is 55.6 Å². The van der Waals surface area contributed by atoms with Gasteiger partial charge in [0.25, 0.3) is 0 Å². The summed E-state index contributed by atoms with van der Waals surface area (Å²) in [4.78, 5) is 17.0. The lowest BCUT2D eigenvalue weighted by molar-refractivity contribution is -0.133. The quantitative estimate of drug-likeness (QED) is 0.767. The van der Waals surface area contributed by atoms with Gasteiger partial charge < -0.3 is 20.4 Å². The van der Waals surface area contributed by atoms with Crippen molar-refractivity contribution in [3.05, 3.63) is 65.2 Å². The summed E-state index contributed by atoms with van der Waals surface area (Å²) in [6.45, 7) is 3.49. The fourth-order valence-electron chi connectivity index (χ4n) is 4.23. The maximum absolute atomic E-state index is 13.8. The van der Waals surface area contributed by atoms with Gasteiger partial charge in [0.1, 0.15) is 17.7 Å². The number of hydrogen-bond donors (Lipinski definition) is 2. The maximum Gasteiger partial charge on any atom is 0.239 e. The zero-order valence-corrected chi connectivity index (χ0v) is 17.2. The molecule has 0 spiro atoms. The number of carbonyl (C=O) groups excluding carboxylic acids is 1. The summed E-state index contributed by atoms with van der Waals surface area (Å²) < 4.78 is 26.8. The molecule has 0 bridgehead atoms. The topological polar surface area (TPSA) is 71.4 Å². The number of piperazine rings is 1. The maximum atomic E-state index is 13.8. The van der Waals surface area contributed by atoms with Gasteiger partial charge >= 0.3 is 0 Å². The Labute approximate surface area is 180 Å². The van der Waals surface area contributed by atoms with Crippen molar-refractivity contribution in [3.8, 4) is 6.07 Å². The smallest absolute Gasteiger partial charge is 0.239 e. The molecule has 2 N–H and O–H groups in total. The normalized spacial score (nSPS) is 21.2. The molecule has 2 saturated heterocycles. The molecular weight excluding hydrogens is 400 g/mol. The molecule has 4 rings (SSSR count). The number of nitrogens with zero attached hydrogens (tertiary/aromatic N) is 3. The highest BCUT2D eigenvalue weighted by Crippen LogP contribution is 2.22. The second-order valence-corrected chi connectivity index (χ2v) is 7.95. The van der Waals surface area contributed by atoms with Crippen molar-refractivity contribution in [3.63, 3.8) is 0 Å². The summed E-state index contributed by atoms with van der Waals surface area (Å²) in [5, 5.41) is 15.8. The molecular formula is C23H25F2N5O. The van der Waals surface area contributed by atoms with E-state index in [0.29, 0.717) is 50.3 Å². The van der Waals surface area contributed by atoms with E-state index in [1.165, 1.54) is 12.1 Å². The first-order chi connectivity index (χ1) is 15.0. The number of benzene rings is 2. The number of anilines is 1. The summed E-state index contributed by atoms with van der Waals surface area (Å²) >= 11 is 0. The lowest BCUT2D eigenvalue weighted by Gasteiger charge is -2.37. The minimum Gasteiger partial charge on any atom is -0.367 e. The summed E-state index contributed by atoms with van der Waals surface area (Å²) in [6, 6.07) is 13.1. The number of nitriles is 1. The Bertz CT molecular complexity index is 984. The van der Waals surface area contributed by atoms with Gasteiger partial charge in [-0.3, -0.25) is 4.79 Å². The zero-order chi connectivity index (χ0) is 21.8. The van der Waals surface area contributed by atoms with Gasteiger partial charge in [-0.1, -0.05) is 18.2 Å². The van der Waals surface area contributed by atoms with E-state index in [-0.39, 0.29) is 24.5 Å². The number of para-hydroxylation sites is 1. The molecule has 2 aliphatic heterocycles. The van der Waals surface area contributed by atoms with Crippen LogP contribution in [0.2, 0.25) is 0 Å². The van der Waals surface area contributed by atoms with Crippen LogP contribution in [0.1, 0.15) is 17.5 Å². The van der Waals surface area contributed by atoms with Crippen molar-refractivity contribution in [2.24, 2.45) is 0 Å². The van der Waals surface area contributed by atoms with E-state index < -0.39 is 11.6 Å². The van der Waals surface area contributed by atoms with Gasteiger partial charge in [0.2, 0.25) is 5.91 Å². The van der Waals surface area contributed by atoms with Crippen LogP contribution in [-0.2, 0) is 11.3 Å². The predicted molar refractivity (Wildman–Crippen MR) is 113 cm³/mol. The van der Waals surface area contributed by atoms with Gasteiger partial charge in [-0.05, 0) is 24.6 Å². The van der Waals surface area contributed by atoms with Crippen molar-refractivity contribution in [1.29, 1.82) is 5.26 Å². The molecule has 8 heteroatoms. The SMILES string of the molecule is N#Cc1ccccc1N1CCN(C(=O)C2CC(NCc3ccc(F)cc3F)CN2)CC1. The van der Waals surface area contributed by atoms with E-state index in [0.717, 1.165) is 11.8 Å². The molecule has 2 unspecified atom stereocenters. The summed E-state index contributed by atoms with van der Waals surface area (Å²) in [5.41, 5.74) is 1.96. The lowest BCUT2D eigenvalue weighted by Crippen LogP contribution is -2.53. The summed E-state index contributed by atoms with van der Waals surface area (Å²) in [5.74, 6) is -1.09. The minimum atomic E-state index is -0.592. The number of carbonyl (C=O) groups is 1. The molecule has 2 aromatic carbocycles. The van der Waals surface area contributed by atoms with Crippen LogP contribution in [0.15, 0.2) is 42.5 Å². The van der Waals surface area contributed by atoms with Gasteiger partial charge in [-0.2, -0.15) is 5.26 Å². The molecule has 1 amide bonds. The average Bonchev–Trinajstić information content (AvgIpc) is 3.27. The van der Waals surface area contributed by atoms with Crippen LogP contribution in [0.3, 0.4) is 0 Å². The van der Waals surface area contributed by atoms with Crippen molar-refractivity contribution >= 4 is 11.6 Å². The minimum absolute atomic E-state index is 0.0437. The Morgan fingerprint density at radius 1 is 1.16 bits per heavy atom. The highest BCUT2D eigenvalue weighted by Gasteiger charge is 2.33. The third-order valence-corrected chi connectivity index (χ3v) is 5.98. The van der Waals surface area contributed by atoms with Gasteiger partial charge in [-0.25, -0.2) is 8.78 Å². The van der Waals surface area contributed by atoms with Crippen LogP contribution >= 0.6 is 0 Å². The molecule has 2 atom stereocenters. The highest BCUT2D eigenvalue weighted by atomic mass is 19.1. The van der Waals surface area contributed by atoms with Crippen LogP contribution in [0.4, 0.5) is 14.5 Å². The largest absolute Gasteiger partial charge is 0.367 e. The van der Waals surface area contributed by atoms with Crippen molar-refractivity contribution in [2.75, 3.05) is 37.6 Å². The standard InChI is InChI=1S/C23H25F2N5O/c24-18-6-5-17(20(25)11-18)14-27-19-12-21(28-15-19)23(31)30-9-7-29(8-10-30)22-4-2-1-3-16(22)13-26/h1-6,11,19,21,27-28H,7-10,12,14-15H2. The first-order valence-electron chi connectivity index (χ1n) is 10.5. The number of hydrogen-bond acceptors (Lipinski definition) is 5. The molecule has 2 heterocycles. The Hall–Kier alpha value is -3.02. The number of rotatable bonds is 5. The second kappa shape index (κ2) is 9.41. The fourth-order valence-corrected chi connectivity index (χ4v) is 4.23. The average molecular weight is 425 g/mol. The van der Waals surface area contributed by atoms with Gasteiger partial charge in [0, 0.05) is 56.9 Å².